The monoisotopic (exact) mass is 293 g/mol. The molecule has 0 bridgehead atoms. The fourth-order valence-electron chi connectivity index (χ4n) is 2.36. The summed E-state index contributed by atoms with van der Waals surface area (Å²) in [4.78, 5) is 16.3. The molecule has 20 heavy (non-hydrogen) atoms. The molecule has 0 atom stereocenters. The molecule has 0 saturated carbocycles. The van der Waals surface area contributed by atoms with Crippen LogP contribution in [0.2, 0.25) is 0 Å². The third-order valence-corrected chi connectivity index (χ3v) is 3.42. The largest absolute Gasteiger partial charge is 0.354 e. The molecule has 2 rings (SSSR count). The summed E-state index contributed by atoms with van der Waals surface area (Å²) < 4.78 is 2.05. The Morgan fingerprint density at radius 2 is 2.20 bits per heavy atom. The third kappa shape index (κ3) is 3.12. The van der Waals surface area contributed by atoms with E-state index in [4.69, 9.17) is 11.6 Å². The summed E-state index contributed by atoms with van der Waals surface area (Å²) >= 11 is 5.97. The number of carbonyl (C=O) groups excluding carboxylic acids is 1. The van der Waals surface area contributed by atoms with E-state index < -0.39 is 0 Å². The van der Waals surface area contributed by atoms with E-state index in [0.29, 0.717) is 18.8 Å². The number of fused-ring (bicyclic) bond motifs is 1. The van der Waals surface area contributed by atoms with Crippen LogP contribution in [-0.4, -0.2) is 21.5 Å². The zero-order chi connectivity index (χ0) is 14.7. The molecular weight excluding hydrogens is 274 g/mol. The lowest BCUT2D eigenvalue weighted by atomic mass is 10.2. The Hall–Kier alpha value is -1.55. The lowest BCUT2D eigenvalue weighted by molar-refractivity contribution is -0.121. The number of hydrogen-bond donors (Lipinski definition) is 1. The van der Waals surface area contributed by atoms with Crippen LogP contribution >= 0.6 is 11.6 Å². The number of rotatable bonds is 5. The quantitative estimate of drug-likeness (QED) is 0.862. The maximum absolute atomic E-state index is 11.8. The van der Waals surface area contributed by atoms with Crippen molar-refractivity contribution in [2.45, 2.75) is 45.7 Å². The van der Waals surface area contributed by atoms with Gasteiger partial charge in [0.2, 0.25) is 5.91 Å². The number of amides is 1. The molecule has 0 aliphatic carbocycles. The molecule has 1 aromatic carbocycles. The molecule has 0 unspecified atom stereocenters. The van der Waals surface area contributed by atoms with Crippen molar-refractivity contribution in [3.05, 3.63) is 29.6 Å². The summed E-state index contributed by atoms with van der Waals surface area (Å²) in [5.74, 6) is 1.21. The zero-order valence-electron chi connectivity index (χ0n) is 12.1. The summed E-state index contributed by atoms with van der Waals surface area (Å²) in [7, 11) is 0. The Morgan fingerprint density at radius 3 is 2.85 bits per heavy atom. The van der Waals surface area contributed by atoms with E-state index in [-0.39, 0.29) is 11.9 Å². The van der Waals surface area contributed by atoms with Crippen LogP contribution in [0.25, 0.3) is 11.0 Å². The number of benzene rings is 1. The molecule has 1 N–H and O–H groups in total. The van der Waals surface area contributed by atoms with E-state index in [9.17, 15) is 4.79 Å². The minimum absolute atomic E-state index is 0.0518. The lowest BCUT2D eigenvalue weighted by Crippen LogP contribution is -2.30. The molecule has 108 valence electrons. The molecule has 5 heteroatoms. The number of alkyl halides is 1. The maximum Gasteiger partial charge on any atom is 0.221 e. The number of imidazole rings is 1. The summed E-state index contributed by atoms with van der Waals surface area (Å²) in [6.45, 7) is 6.56. The number of aromatic nitrogens is 2. The van der Waals surface area contributed by atoms with Crippen molar-refractivity contribution in [2.24, 2.45) is 0 Å². The fraction of sp³-hybridized carbons (Fsp3) is 0.467. The van der Waals surface area contributed by atoms with Gasteiger partial charge in [0.15, 0.2) is 0 Å². The number of aryl methyl sites for hydroxylation is 2. The molecule has 0 saturated heterocycles. The minimum Gasteiger partial charge on any atom is -0.354 e. The van der Waals surface area contributed by atoms with Crippen molar-refractivity contribution in [3.8, 4) is 0 Å². The SMILES string of the molecule is Cc1cccc2nc(CCl)n(CCC(=O)NC(C)C)c12. The first-order valence-corrected chi connectivity index (χ1v) is 7.36. The Labute approximate surface area is 124 Å². The van der Waals surface area contributed by atoms with Crippen LogP contribution < -0.4 is 5.32 Å². The Bertz CT molecular complexity index is 619. The lowest BCUT2D eigenvalue weighted by Gasteiger charge is -2.11. The molecule has 0 fully saturated rings. The van der Waals surface area contributed by atoms with Crippen molar-refractivity contribution in [3.63, 3.8) is 0 Å². The van der Waals surface area contributed by atoms with Gasteiger partial charge in [-0.05, 0) is 32.4 Å². The van der Waals surface area contributed by atoms with Gasteiger partial charge in [0.25, 0.3) is 0 Å². The molecule has 0 aliphatic heterocycles. The van der Waals surface area contributed by atoms with E-state index in [1.165, 1.54) is 0 Å². The average Bonchev–Trinajstić information content (AvgIpc) is 2.74. The number of nitrogens with zero attached hydrogens (tertiary/aromatic N) is 2. The predicted molar refractivity (Wildman–Crippen MR) is 81.9 cm³/mol. The van der Waals surface area contributed by atoms with Crippen LogP contribution in [0.5, 0.6) is 0 Å². The van der Waals surface area contributed by atoms with E-state index in [0.717, 1.165) is 22.4 Å². The van der Waals surface area contributed by atoms with E-state index in [1.54, 1.807) is 0 Å². The average molecular weight is 294 g/mol. The van der Waals surface area contributed by atoms with Gasteiger partial charge in [-0.1, -0.05) is 12.1 Å². The highest BCUT2D eigenvalue weighted by molar-refractivity contribution is 6.16. The predicted octanol–water partition coefficient (Wildman–Crippen LogP) is 3.00. The maximum atomic E-state index is 11.8. The smallest absolute Gasteiger partial charge is 0.221 e. The minimum atomic E-state index is 0.0518. The van der Waals surface area contributed by atoms with Gasteiger partial charge in [0.05, 0.1) is 16.9 Å². The van der Waals surface area contributed by atoms with Crippen LogP contribution in [0.15, 0.2) is 18.2 Å². The highest BCUT2D eigenvalue weighted by Crippen LogP contribution is 2.21. The van der Waals surface area contributed by atoms with E-state index in [2.05, 4.69) is 14.9 Å². The summed E-state index contributed by atoms with van der Waals surface area (Å²) in [6, 6.07) is 6.17. The molecule has 2 aromatic rings. The molecule has 0 spiro atoms. The molecule has 1 aromatic heterocycles. The van der Waals surface area contributed by atoms with Crippen molar-refractivity contribution < 1.29 is 4.79 Å². The van der Waals surface area contributed by atoms with E-state index >= 15 is 0 Å². The van der Waals surface area contributed by atoms with Crippen LogP contribution in [-0.2, 0) is 17.2 Å². The Morgan fingerprint density at radius 1 is 1.45 bits per heavy atom. The Kier molecular flexibility index (Phi) is 4.65. The van der Waals surface area contributed by atoms with Gasteiger partial charge in [-0.25, -0.2) is 4.98 Å². The molecule has 1 amide bonds. The number of halogens is 1. The zero-order valence-corrected chi connectivity index (χ0v) is 12.9. The van der Waals surface area contributed by atoms with Gasteiger partial charge < -0.3 is 9.88 Å². The molecule has 4 nitrogen and oxygen atoms in total. The highest BCUT2D eigenvalue weighted by Gasteiger charge is 2.13. The van der Waals surface area contributed by atoms with Crippen molar-refractivity contribution in [1.29, 1.82) is 0 Å². The standard InChI is InChI=1S/C15H20ClN3O/c1-10(2)17-14(20)7-8-19-13(9-16)18-12-6-4-5-11(3)15(12)19/h4-6,10H,7-9H2,1-3H3,(H,17,20). The van der Waals surface area contributed by atoms with E-state index in [1.807, 2.05) is 39.0 Å². The number of carbonyl (C=O) groups is 1. The van der Waals surface area contributed by atoms with Crippen molar-refractivity contribution in [1.82, 2.24) is 14.9 Å². The fourth-order valence-corrected chi connectivity index (χ4v) is 2.57. The Balaban J connectivity index is 2.26. The third-order valence-electron chi connectivity index (χ3n) is 3.18. The molecule has 0 radical (unpaired) electrons. The van der Waals surface area contributed by atoms with Gasteiger partial charge in [-0.3, -0.25) is 4.79 Å². The van der Waals surface area contributed by atoms with Gasteiger partial charge in [-0.2, -0.15) is 0 Å². The van der Waals surface area contributed by atoms with Crippen molar-refractivity contribution in [2.75, 3.05) is 0 Å². The van der Waals surface area contributed by atoms with Gasteiger partial charge in [0.1, 0.15) is 5.82 Å². The second-order valence-electron chi connectivity index (χ2n) is 5.23. The molecule has 1 heterocycles. The number of hydrogen-bond acceptors (Lipinski definition) is 2. The highest BCUT2D eigenvalue weighted by atomic mass is 35.5. The topological polar surface area (TPSA) is 46.9 Å². The molecular formula is C15H20ClN3O. The summed E-state index contributed by atoms with van der Waals surface area (Å²) in [6.07, 6.45) is 0.432. The first-order chi connectivity index (χ1) is 9.52. The molecule has 0 aliphatic rings. The van der Waals surface area contributed by atoms with Crippen LogP contribution in [0.4, 0.5) is 0 Å². The summed E-state index contributed by atoms with van der Waals surface area (Å²) in [5.41, 5.74) is 3.15. The second-order valence-corrected chi connectivity index (χ2v) is 5.50. The first kappa shape index (κ1) is 14.9. The van der Waals surface area contributed by atoms with Crippen LogP contribution in [0, 0.1) is 6.92 Å². The summed E-state index contributed by atoms with van der Waals surface area (Å²) in [5, 5.41) is 2.90. The normalized spacial score (nSPS) is 11.2. The second kappa shape index (κ2) is 6.27. The van der Waals surface area contributed by atoms with Gasteiger partial charge in [0, 0.05) is 19.0 Å². The first-order valence-electron chi connectivity index (χ1n) is 6.83. The van der Waals surface area contributed by atoms with Crippen LogP contribution in [0.1, 0.15) is 31.7 Å². The van der Waals surface area contributed by atoms with Crippen molar-refractivity contribution >= 4 is 28.5 Å². The number of nitrogens with one attached hydrogen (secondary N) is 1. The number of para-hydroxylation sites is 1. The van der Waals surface area contributed by atoms with Crippen LogP contribution in [0.3, 0.4) is 0 Å². The van der Waals surface area contributed by atoms with Gasteiger partial charge >= 0.3 is 0 Å². The van der Waals surface area contributed by atoms with Gasteiger partial charge in [-0.15, -0.1) is 11.6 Å².